The van der Waals surface area contributed by atoms with Crippen molar-refractivity contribution < 1.29 is 4.42 Å². The van der Waals surface area contributed by atoms with Gasteiger partial charge in [0, 0.05) is 33.4 Å². The molecule has 0 amide bonds. The van der Waals surface area contributed by atoms with Crippen molar-refractivity contribution in [2.24, 2.45) is 0 Å². The molecule has 11 aromatic carbocycles. The Hall–Kier alpha value is -8.46. The highest BCUT2D eigenvalue weighted by Crippen LogP contribution is 2.41. The van der Waals surface area contributed by atoms with E-state index >= 15 is 0 Å². The molecule has 0 radical (unpaired) electrons. The summed E-state index contributed by atoms with van der Waals surface area (Å²) in [6.07, 6.45) is 0. The second-order valence-electron chi connectivity index (χ2n) is 16.5. The lowest BCUT2D eigenvalue weighted by Gasteiger charge is -2.26. The predicted molar refractivity (Wildman–Crippen MR) is 271 cm³/mol. The minimum Gasteiger partial charge on any atom is -0.455 e. The van der Waals surface area contributed by atoms with Crippen molar-refractivity contribution in [3.8, 4) is 55.6 Å². The highest BCUT2D eigenvalue weighted by atomic mass is 16.3. The van der Waals surface area contributed by atoms with Gasteiger partial charge in [0.2, 0.25) is 0 Å². The van der Waals surface area contributed by atoms with E-state index < -0.39 is 0 Å². The Morgan fingerprint density at radius 2 is 0.688 bits per heavy atom. The second kappa shape index (κ2) is 15.8. The van der Waals surface area contributed by atoms with Crippen LogP contribution in [-0.2, 0) is 0 Å². The van der Waals surface area contributed by atoms with E-state index in [1.54, 1.807) is 0 Å². The Balaban J connectivity index is 0.884. The first kappa shape index (κ1) is 37.3. The van der Waals surface area contributed by atoms with Gasteiger partial charge in [0.05, 0.1) is 0 Å². The lowest BCUT2D eigenvalue weighted by Crippen LogP contribution is -2.09. The molecule has 64 heavy (non-hydrogen) atoms. The van der Waals surface area contributed by atoms with Gasteiger partial charge in [-0.15, -0.1) is 0 Å². The fourth-order valence-electron chi connectivity index (χ4n) is 9.46. The molecule has 1 heterocycles. The molecule has 2 nitrogen and oxygen atoms in total. The van der Waals surface area contributed by atoms with Gasteiger partial charge < -0.3 is 9.32 Å². The molecule has 0 unspecified atom stereocenters. The quantitative estimate of drug-likeness (QED) is 0.152. The average Bonchev–Trinajstić information content (AvgIpc) is 3.76. The summed E-state index contributed by atoms with van der Waals surface area (Å²) >= 11 is 0. The molecule has 0 spiro atoms. The van der Waals surface area contributed by atoms with Crippen molar-refractivity contribution in [1.29, 1.82) is 0 Å². The molecule has 0 fully saturated rings. The zero-order chi connectivity index (χ0) is 42.4. The maximum atomic E-state index is 6.43. The predicted octanol–water partition coefficient (Wildman–Crippen LogP) is 17.7. The molecule has 0 aliphatic rings. The van der Waals surface area contributed by atoms with Crippen LogP contribution < -0.4 is 4.90 Å². The van der Waals surface area contributed by atoms with Crippen LogP contribution in [0.15, 0.2) is 253 Å². The van der Waals surface area contributed by atoms with Gasteiger partial charge in [-0.1, -0.05) is 200 Å². The number of fused-ring (bicyclic) bond motifs is 5. The fourth-order valence-corrected chi connectivity index (χ4v) is 9.46. The highest BCUT2D eigenvalue weighted by molar-refractivity contribution is 6.09. The Morgan fingerprint density at radius 1 is 0.250 bits per heavy atom. The Labute approximate surface area is 372 Å². The highest BCUT2D eigenvalue weighted by Gasteiger charge is 2.17. The van der Waals surface area contributed by atoms with Crippen molar-refractivity contribution >= 4 is 60.5 Å². The molecule has 1 aromatic heterocycles. The normalized spacial score (nSPS) is 11.4. The van der Waals surface area contributed by atoms with Gasteiger partial charge in [0.1, 0.15) is 11.2 Å². The van der Waals surface area contributed by atoms with Gasteiger partial charge in [-0.25, -0.2) is 0 Å². The van der Waals surface area contributed by atoms with Crippen LogP contribution in [0.1, 0.15) is 0 Å². The summed E-state index contributed by atoms with van der Waals surface area (Å²) in [5.74, 6) is 0. The van der Waals surface area contributed by atoms with E-state index in [0.717, 1.165) is 50.1 Å². The third kappa shape index (κ3) is 6.70. The summed E-state index contributed by atoms with van der Waals surface area (Å²) in [5, 5.41) is 7.27. The van der Waals surface area contributed by atoms with Crippen LogP contribution in [0, 0.1) is 0 Å². The topological polar surface area (TPSA) is 16.4 Å². The third-order valence-electron chi connectivity index (χ3n) is 12.7. The van der Waals surface area contributed by atoms with Gasteiger partial charge in [-0.2, -0.15) is 0 Å². The molecule has 0 aliphatic heterocycles. The van der Waals surface area contributed by atoms with Crippen LogP contribution in [-0.4, -0.2) is 0 Å². The van der Waals surface area contributed by atoms with Crippen molar-refractivity contribution in [2.75, 3.05) is 4.90 Å². The molecule has 0 bridgehead atoms. The van der Waals surface area contributed by atoms with Crippen LogP contribution in [0.2, 0.25) is 0 Å². The van der Waals surface area contributed by atoms with Crippen LogP contribution >= 0.6 is 0 Å². The van der Waals surface area contributed by atoms with E-state index in [-0.39, 0.29) is 0 Å². The van der Waals surface area contributed by atoms with E-state index in [0.29, 0.717) is 0 Å². The number of hydrogen-bond acceptors (Lipinski definition) is 2. The first-order valence-electron chi connectivity index (χ1n) is 21.9. The van der Waals surface area contributed by atoms with E-state index in [4.69, 9.17) is 4.42 Å². The third-order valence-corrected chi connectivity index (χ3v) is 12.7. The molecule has 0 aliphatic carbocycles. The van der Waals surface area contributed by atoms with Gasteiger partial charge in [0.15, 0.2) is 0 Å². The maximum absolute atomic E-state index is 6.43. The molecular formula is C62H41NO. The minimum absolute atomic E-state index is 0.904. The fraction of sp³-hybridized carbons (Fsp3) is 0. The van der Waals surface area contributed by atoms with E-state index in [2.05, 4.69) is 241 Å². The Kier molecular flexibility index (Phi) is 9.20. The van der Waals surface area contributed by atoms with Crippen molar-refractivity contribution in [3.63, 3.8) is 0 Å². The summed E-state index contributed by atoms with van der Waals surface area (Å²) in [6.45, 7) is 0. The molecule has 0 saturated carbocycles. The summed E-state index contributed by atoms with van der Waals surface area (Å²) < 4.78 is 6.43. The number of nitrogens with zero attached hydrogens (tertiary/aromatic N) is 1. The largest absolute Gasteiger partial charge is 0.455 e. The Bertz CT molecular complexity index is 3630. The maximum Gasteiger partial charge on any atom is 0.143 e. The molecule has 0 N–H and O–H groups in total. The molecule has 12 rings (SSSR count). The number of rotatable bonds is 8. The monoisotopic (exact) mass is 815 g/mol. The van der Waals surface area contributed by atoms with Gasteiger partial charge >= 0.3 is 0 Å². The lowest BCUT2D eigenvalue weighted by atomic mass is 9.91. The summed E-state index contributed by atoms with van der Waals surface area (Å²) in [7, 11) is 0. The summed E-state index contributed by atoms with van der Waals surface area (Å²) in [4.78, 5) is 2.34. The standard InChI is InChI=1S/C62H41NO/c1-2-13-49-41-50(28-25-42(49)11-1)45-31-37-52(38-32-45)63(53-39-33-48(34-40-53)56-19-10-21-60-59-18-7-8-22-61(59)64-62(56)60)51-35-29-44(30-36-51)43-23-26-47(27-24-43)55-16-5-6-17-57(55)58-20-9-14-46-12-3-4-15-54(46)58/h1-41H. The second-order valence-corrected chi connectivity index (χ2v) is 16.5. The minimum atomic E-state index is 0.904. The summed E-state index contributed by atoms with van der Waals surface area (Å²) in [5.41, 5.74) is 16.9. The molecule has 0 atom stereocenters. The molecule has 2 heteroatoms. The summed E-state index contributed by atoms with van der Waals surface area (Å²) in [6, 6.07) is 89.6. The van der Waals surface area contributed by atoms with E-state index in [1.807, 2.05) is 12.1 Å². The number of benzene rings is 11. The number of hydrogen-bond donors (Lipinski definition) is 0. The number of anilines is 3. The smallest absolute Gasteiger partial charge is 0.143 e. The van der Waals surface area contributed by atoms with E-state index in [9.17, 15) is 0 Å². The number of furan rings is 1. The van der Waals surface area contributed by atoms with Gasteiger partial charge in [-0.3, -0.25) is 0 Å². The van der Waals surface area contributed by atoms with Crippen molar-refractivity contribution in [3.05, 3.63) is 249 Å². The molecule has 0 saturated heterocycles. The first-order chi connectivity index (χ1) is 31.7. The van der Waals surface area contributed by atoms with Crippen LogP contribution in [0.25, 0.3) is 99.1 Å². The molecular weight excluding hydrogens is 775 g/mol. The first-order valence-corrected chi connectivity index (χ1v) is 21.9. The van der Waals surface area contributed by atoms with Crippen molar-refractivity contribution in [1.82, 2.24) is 0 Å². The van der Waals surface area contributed by atoms with Gasteiger partial charge in [-0.05, 0) is 120 Å². The Morgan fingerprint density at radius 3 is 1.41 bits per heavy atom. The SMILES string of the molecule is c1ccc(-c2cccc3ccccc23)c(-c2ccc(-c3ccc(N(c4ccc(-c5ccc6ccccc6c5)cc4)c4ccc(-c5cccc6c5oc5ccccc56)cc4)cc3)cc2)c1. The number of para-hydroxylation sites is 2. The van der Waals surface area contributed by atoms with Crippen molar-refractivity contribution in [2.45, 2.75) is 0 Å². The lowest BCUT2D eigenvalue weighted by molar-refractivity contribution is 0.670. The van der Waals surface area contributed by atoms with Gasteiger partial charge in [0.25, 0.3) is 0 Å². The van der Waals surface area contributed by atoms with Crippen LogP contribution in [0.3, 0.4) is 0 Å². The van der Waals surface area contributed by atoms with E-state index in [1.165, 1.54) is 66.1 Å². The van der Waals surface area contributed by atoms with Crippen LogP contribution in [0.4, 0.5) is 17.1 Å². The zero-order valence-corrected chi connectivity index (χ0v) is 35.0. The zero-order valence-electron chi connectivity index (χ0n) is 35.0. The molecule has 12 aromatic rings. The van der Waals surface area contributed by atoms with Crippen LogP contribution in [0.5, 0.6) is 0 Å². The molecule has 300 valence electrons. The average molecular weight is 816 g/mol.